The van der Waals surface area contributed by atoms with Gasteiger partial charge in [0.2, 0.25) is 5.92 Å². The van der Waals surface area contributed by atoms with E-state index in [4.69, 9.17) is 4.74 Å². The molecule has 8 heteroatoms. The molecule has 1 aliphatic heterocycles. The summed E-state index contributed by atoms with van der Waals surface area (Å²) in [5.41, 5.74) is -4.10. The molecule has 2 fully saturated rings. The summed E-state index contributed by atoms with van der Waals surface area (Å²) in [5, 5.41) is 20.6. The van der Waals surface area contributed by atoms with Crippen LogP contribution in [0.4, 0.5) is 13.6 Å². The Morgan fingerprint density at radius 1 is 1.08 bits per heavy atom. The second kappa shape index (κ2) is 5.82. The molecule has 0 spiro atoms. The molecule has 0 aromatic heterocycles. The molecule has 1 heterocycles. The fourth-order valence-corrected chi connectivity index (χ4v) is 3.59. The highest BCUT2D eigenvalue weighted by molar-refractivity contribution is 5.77. The minimum atomic E-state index is -2.90. The number of rotatable bonds is 2. The maximum atomic E-state index is 13.5. The molecule has 1 unspecified atom stereocenters. The number of hydrogen-bond acceptors (Lipinski definition) is 4. The van der Waals surface area contributed by atoms with Crippen LogP contribution in [0.15, 0.2) is 0 Å². The number of ether oxygens (including phenoxy) is 1. The van der Waals surface area contributed by atoms with Gasteiger partial charge in [0.15, 0.2) is 0 Å². The normalized spacial score (nSPS) is 29.3. The highest BCUT2D eigenvalue weighted by Crippen LogP contribution is 2.52. The number of carboxylic acid groups (broad SMARTS) is 1. The van der Waals surface area contributed by atoms with Crippen molar-refractivity contribution in [1.29, 1.82) is 0 Å². The standard InChI is InChI=1S/C16H25F2NO5/c1-13(2,3)24-12(22)19-9-8-15(23,10-19)14(11(20)21)4-6-16(17,18)7-5-14/h23H,4-10H2,1-3H3,(H,20,21). The van der Waals surface area contributed by atoms with Crippen molar-refractivity contribution in [2.75, 3.05) is 13.1 Å². The van der Waals surface area contributed by atoms with Gasteiger partial charge in [-0.2, -0.15) is 0 Å². The number of alkyl halides is 2. The first-order valence-electron chi connectivity index (χ1n) is 8.12. The van der Waals surface area contributed by atoms with Gasteiger partial charge in [-0.3, -0.25) is 4.79 Å². The van der Waals surface area contributed by atoms with Gasteiger partial charge in [0, 0.05) is 19.4 Å². The summed E-state index contributed by atoms with van der Waals surface area (Å²) < 4.78 is 32.1. The SMILES string of the molecule is CC(C)(C)OC(=O)N1CCC(O)(C2(C(=O)O)CCC(F)(F)CC2)C1. The zero-order valence-electron chi connectivity index (χ0n) is 14.3. The molecule has 1 saturated heterocycles. The third kappa shape index (κ3) is 3.48. The molecule has 0 aromatic rings. The fourth-order valence-electron chi connectivity index (χ4n) is 3.59. The van der Waals surface area contributed by atoms with E-state index >= 15 is 0 Å². The fraction of sp³-hybridized carbons (Fsp3) is 0.875. The number of hydrogen-bond donors (Lipinski definition) is 2. The van der Waals surface area contributed by atoms with E-state index in [1.807, 2.05) is 0 Å². The summed E-state index contributed by atoms with van der Waals surface area (Å²) in [6.07, 6.45) is -2.38. The molecule has 138 valence electrons. The van der Waals surface area contributed by atoms with E-state index in [9.17, 15) is 28.6 Å². The van der Waals surface area contributed by atoms with E-state index in [-0.39, 0.29) is 32.4 Å². The quantitative estimate of drug-likeness (QED) is 0.800. The van der Waals surface area contributed by atoms with Crippen LogP contribution in [-0.2, 0) is 9.53 Å². The van der Waals surface area contributed by atoms with Gasteiger partial charge >= 0.3 is 12.1 Å². The summed E-state index contributed by atoms with van der Waals surface area (Å²) in [4.78, 5) is 25.2. The van der Waals surface area contributed by atoms with Gasteiger partial charge in [-0.25, -0.2) is 13.6 Å². The van der Waals surface area contributed by atoms with E-state index in [0.29, 0.717) is 0 Å². The first-order chi connectivity index (χ1) is 10.8. The van der Waals surface area contributed by atoms with Gasteiger partial charge < -0.3 is 19.8 Å². The number of aliphatic carboxylic acids is 1. The van der Waals surface area contributed by atoms with Gasteiger partial charge in [0.1, 0.15) is 11.2 Å². The summed E-state index contributed by atoms with van der Waals surface area (Å²) in [5.74, 6) is -4.19. The molecule has 6 nitrogen and oxygen atoms in total. The summed E-state index contributed by atoms with van der Waals surface area (Å²) in [7, 11) is 0. The van der Waals surface area contributed by atoms with E-state index in [1.165, 1.54) is 4.90 Å². The van der Waals surface area contributed by atoms with Gasteiger partial charge in [0.25, 0.3) is 0 Å². The van der Waals surface area contributed by atoms with Crippen LogP contribution in [0.5, 0.6) is 0 Å². The van der Waals surface area contributed by atoms with Gasteiger partial charge in [0.05, 0.1) is 12.0 Å². The average Bonchev–Trinajstić information content (AvgIpc) is 2.81. The lowest BCUT2D eigenvalue weighted by Gasteiger charge is -2.45. The lowest BCUT2D eigenvalue weighted by Crippen LogP contribution is -2.57. The van der Waals surface area contributed by atoms with Crippen LogP contribution in [0.2, 0.25) is 0 Å². The Bertz CT molecular complexity index is 521. The lowest BCUT2D eigenvalue weighted by atomic mass is 9.62. The molecule has 1 atom stereocenters. The van der Waals surface area contributed by atoms with Crippen molar-refractivity contribution in [1.82, 2.24) is 4.90 Å². The Kier molecular flexibility index (Phi) is 4.58. The Labute approximate surface area is 139 Å². The number of carbonyl (C=O) groups excluding carboxylic acids is 1. The first kappa shape index (κ1) is 18.9. The molecule has 2 N–H and O–H groups in total. The van der Waals surface area contributed by atoms with Crippen molar-refractivity contribution in [2.24, 2.45) is 5.41 Å². The molecular formula is C16H25F2NO5. The number of carbonyl (C=O) groups is 2. The summed E-state index contributed by atoms with van der Waals surface area (Å²) >= 11 is 0. The minimum absolute atomic E-state index is 0.0319. The Balaban J connectivity index is 2.17. The van der Waals surface area contributed by atoms with Crippen molar-refractivity contribution >= 4 is 12.1 Å². The smallest absolute Gasteiger partial charge is 0.410 e. The van der Waals surface area contributed by atoms with Crippen molar-refractivity contribution in [3.05, 3.63) is 0 Å². The Morgan fingerprint density at radius 3 is 2.08 bits per heavy atom. The predicted octanol–water partition coefficient (Wildman–Crippen LogP) is 2.64. The number of aliphatic hydroxyl groups is 1. The summed E-state index contributed by atoms with van der Waals surface area (Å²) in [6, 6.07) is 0. The van der Waals surface area contributed by atoms with Gasteiger partial charge in [-0.1, -0.05) is 0 Å². The van der Waals surface area contributed by atoms with Gasteiger partial charge in [-0.15, -0.1) is 0 Å². The largest absolute Gasteiger partial charge is 0.481 e. The monoisotopic (exact) mass is 349 g/mol. The molecule has 1 aliphatic carbocycles. The van der Waals surface area contributed by atoms with Gasteiger partial charge in [-0.05, 0) is 40.0 Å². The summed E-state index contributed by atoms with van der Waals surface area (Å²) in [6.45, 7) is 5.02. The Morgan fingerprint density at radius 2 is 1.62 bits per heavy atom. The molecular weight excluding hydrogens is 324 g/mol. The average molecular weight is 349 g/mol. The minimum Gasteiger partial charge on any atom is -0.481 e. The number of β-amino-alcohol motifs (C(OH)–C–C–N with tert-alkyl or cyclic N) is 1. The van der Waals surface area contributed by atoms with E-state index in [2.05, 4.69) is 0 Å². The third-order valence-electron chi connectivity index (χ3n) is 5.03. The zero-order valence-corrected chi connectivity index (χ0v) is 14.3. The highest BCUT2D eigenvalue weighted by atomic mass is 19.3. The molecule has 0 radical (unpaired) electrons. The predicted molar refractivity (Wildman–Crippen MR) is 80.9 cm³/mol. The molecule has 1 amide bonds. The zero-order chi connectivity index (χ0) is 18.4. The number of likely N-dealkylation sites (tertiary alicyclic amines) is 1. The molecule has 0 aromatic carbocycles. The van der Waals surface area contributed by atoms with Crippen molar-refractivity contribution in [2.45, 2.75) is 70.0 Å². The van der Waals surface area contributed by atoms with Crippen LogP contribution in [0.3, 0.4) is 0 Å². The van der Waals surface area contributed by atoms with Crippen molar-refractivity contribution in [3.63, 3.8) is 0 Å². The molecule has 24 heavy (non-hydrogen) atoms. The second-order valence-corrected chi connectivity index (χ2v) is 7.93. The topological polar surface area (TPSA) is 87.1 Å². The lowest BCUT2D eigenvalue weighted by molar-refractivity contribution is -0.184. The Hall–Kier alpha value is -1.44. The van der Waals surface area contributed by atoms with Crippen LogP contribution >= 0.6 is 0 Å². The molecule has 0 bridgehead atoms. The number of carboxylic acids is 1. The molecule has 1 saturated carbocycles. The van der Waals surface area contributed by atoms with Crippen LogP contribution in [0.1, 0.15) is 52.9 Å². The van der Waals surface area contributed by atoms with Crippen LogP contribution in [0, 0.1) is 5.41 Å². The number of nitrogens with zero attached hydrogens (tertiary/aromatic N) is 1. The van der Waals surface area contributed by atoms with Crippen molar-refractivity contribution in [3.8, 4) is 0 Å². The maximum absolute atomic E-state index is 13.5. The van der Waals surface area contributed by atoms with Crippen LogP contribution < -0.4 is 0 Å². The maximum Gasteiger partial charge on any atom is 0.410 e. The highest BCUT2D eigenvalue weighted by Gasteiger charge is 2.62. The molecule has 2 rings (SSSR count). The van der Waals surface area contributed by atoms with Crippen molar-refractivity contribution < 1.29 is 33.3 Å². The third-order valence-corrected chi connectivity index (χ3v) is 5.03. The second-order valence-electron chi connectivity index (χ2n) is 7.93. The molecule has 2 aliphatic rings. The first-order valence-corrected chi connectivity index (χ1v) is 8.12. The van der Waals surface area contributed by atoms with Crippen LogP contribution in [0.25, 0.3) is 0 Å². The van der Waals surface area contributed by atoms with E-state index in [1.54, 1.807) is 20.8 Å². The van der Waals surface area contributed by atoms with E-state index in [0.717, 1.165) is 0 Å². The number of halogens is 2. The number of amides is 1. The van der Waals surface area contributed by atoms with Crippen LogP contribution in [-0.4, -0.2) is 57.4 Å². The van der Waals surface area contributed by atoms with E-state index < -0.39 is 47.4 Å².